The number of nitrogens with two attached hydrogens (primary N) is 1. The Morgan fingerprint density at radius 3 is 2.78 bits per heavy atom. The number of phenolic OH excluding ortho intramolecular Hbond substituents is 1. The Labute approximate surface area is 113 Å². The summed E-state index contributed by atoms with van der Waals surface area (Å²) in [6, 6.07) is 3.77. The summed E-state index contributed by atoms with van der Waals surface area (Å²) >= 11 is 6.30. The molecule has 1 aromatic rings. The van der Waals surface area contributed by atoms with Crippen LogP contribution in [0.1, 0.15) is 49.1 Å². The second kappa shape index (κ2) is 4.75. The Bertz CT molecular complexity index is 460. The van der Waals surface area contributed by atoms with E-state index in [1.165, 1.54) is 36.8 Å². The summed E-state index contributed by atoms with van der Waals surface area (Å²) in [6.07, 6.45) is 7.15. The van der Waals surface area contributed by atoms with Crippen molar-refractivity contribution < 1.29 is 5.11 Å². The van der Waals surface area contributed by atoms with Crippen LogP contribution in [0.15, 0.2) is 12.1 Å². The van der Waals surface area contributed by atoms with Gasteiger partial charge in [-0.3, -0.25) is 0 Å². The molecule has 1 fully saturated rings. The zero-order chi connectivity index (χ0) is 12.7. The molecule has 3 heteroatoms. The first-order chi connectivity index (χ1) is 8.66. The number of fused-ring (bicyclic) bond motifs is 4. The van der Waals surface area contributed by atoms with Gasteiger partial charge >= 0.3 is 0 Å². The van der Waals surface area contributed by atoms with E-state index in [0.717, 1.165) is 12.8 Å². The third-order valence-corrected chi connectivity index (χ3v) is 5.02. The van der Waals surface area contributed by atoms with E-state index in [4.69, 9.17) is 17.3 Å². The molecule has 0 saturated heterocycles. The Morgan fingerprint density at radius 1 is 1.17 bits per heavy atom. The topological polar surface area (TPSA) is 46.2 Å². The zero-order valence-corrected chi connectivity index (χ0v) is 11.3. The van der Waals surface area contributed by atoms with Crippen LogP contribution in [-0.2, 0) is 6.42 Å². The maximum absolute atomic E-state index is 9.75. The molecule has 2 bridgehead atoms. The highest BCUT2D eigenvalue weighted by molar-refractivity contribution is 6.31. The van der Waals surface area contributed by atoms with Gasteiger partial charge in [0, 0.05) is 11.1 Å². The van der Waals surface area contributed by atoms with Gasteiger partial charge in [-0.25, -0.2) is 0 Å². The van der Waals surface area contributed by atoms with E-state index in [0.29, 0.717) is 16.9 Å². The quantitative estimate of drug-likeness (QED) is 0.753. The highest BCUT2D eigenvalue weighted by Gasteiger charge is 2.36. The van der Waals surface area contributed by atoms with E-state index < -0.39 is 0 Å². The normalized spacial score (nSPS) is 31.3. The van der Waals surface area contributed by atoms with Crippen LogP contribution in [0, 0.1) is 5.92 Å². The fourth-order valence-electron chi connectivity index (χ4n) is 3.71. The standard InChI is InChI=1S/C15H20ClNO/c16-14-8-10(18)7-12-11-5-3-1-2-4-9(15(11)17)6-13(12)14/h7-9,11,15,18H,1-6,17H2. The number of phenols is 1. The minimum Gasteiger partial charge on any atom is -0.508 e. The minimum atomic E-state index is 0.232. The Kier molecular flexibility index (Phi) is 3.25. The van der Waals surface area contributed by atoms with Gasteiger partial charge < -0.3 is 10.8 Å². The average Bonchev–Trinajstić information content (AvgIpc) is 2.32. The third kappa shape index (κ3) is 2.02. The minimum absolute atomic E-state index is 0.232. The summed E-state index contributed by atoms with van der Waals surface area (Å²) in [7, 11) is 0. The van der Waals surface area contributed by atoms with Crippen molar-refractivity contribution in [1.82, 2.24) is 0 Å². The maximum Gasteiger partial charge on any atom is 0.117 e. The average molecular weight is 266 g/mol. The third-order valence-electron chi connectivity index (χ3n) is 4.68. The van der Waals surface area contributed by atoms with Gasteiger partial charge in [0.2, 0.25) is 0 Å². The largest absolute Gasteiger partial charge is 0.508 e. The Hall–Kier alpha value is -0.730. The smallest absolute Gasteiger partial charge is 0.117 e. The van der Waals surface area contributed by atoms with E-state index in [1.807, 2.05) is 6.07 Å². The van der Waals surface area contributed by atoms with Crippen LogP contribution in [0.3, 0.4) is 0 Å². The lowest BCUT2D eigenvalue weighted by molar-refractivity contribution is 0.277. The lowest BCUT2D eigenvalue weighted by Gasteiger charge is -2.39. The summed E-state index contributed by atoms with van der Waals surface area (Å²) < 4.78 is 0. The predicted molar refractivity (Wildman–Crippen MR) is 74.1 cm³/mol. The Morgan fingerprint density at radius 2 is 1.94 bits per heavy atom. The number of hydrogen-bond donors (Lipinski definition) is 2. The molecule has 3 unspecified atom stereocenters. The molecule has 0 aromatic heterocycles. The molecule has 2 aliphatic carbocycles. The molecule has 1 saturated carbocycles. The van der Waals surface area contributed by atoms with Crippen molar-refractivity contribution in [3.63, 3.8) is 0 Å². The van der Waals surface area contributed by atoms with Crippen molar-refractivity contribution in [2.45, 2.75) is 50.5 Å². The fourth-order valence-corrected chi connectivity index (χ4v) is 4.01. The predicted octanol–water partition coefficient (Wildman–Crippen LogP) is 3.59. The number of rotatable bonds is 0. The highest BCUT2D eigenvalue weighted by atomic mass is 35.5. The van der Waals surface area contributed by atoms with Crippen LogP contribution in [0.2, 0.25) is 5.02 Å². The monoisotopic (exact) mass is 265 g/mol. The van der Waals surface area contributed by atoms with Crippen LogP contribution >= 0.6 is 11.6 Å². The van der Waals surface area contributed by atoms with Crippen molar-refractivity contribution in [2.24, 2.45) is 11.7 Å². The van der Waals surface area contributed by atoms with Crippen molar-refractivity contribution in [3.05, 3.63) is 28.3 Å². The molecular weight excluding hydrogens is 246 g/mol. The molecule has 0 spiro atoms. The first-order valence-corrected chi connectivity index (χ1v) is 7.31. The molecule has 3 N–H and O–H groups in total. The maximum atomic E-state index is 9.75. The van der Waals surface area contributed by atoms with Crippen molar-refractivity contribution in [2.75, 3.05) is 0 Å². The van der Waals surface area contributed by atoms with Crippen molar-refractivity contribution in [3.8, 4) is 5.75 Å². The summed E-state index contributed by atoms with van der Waals surface area (Å²) in [4.78, 5) is 0. The molecule has 0 aliphatic heterocycles. The van der Waals surface area contributed by atoms with Gasteiger partial charge in [-0.05, 0) is 54.4 Å². The summed E-state index contributed by atoms with van der Waals surface area (Å²) in [5, 5.41) is 10.5. The number of aromatic hydroxyl groups is 1. The lowest BCUT2D eigenvalue weighted by Crippen LogP contribution is -2.42. The molecule has 0 radical (unpaired) electrons. The summed E-state index contributed by atoms with van der Waals surface area (Å²) in [5.41, 5.74) is 8.87. The molecule has 0 amide bonds. The summed E-state index contributed by atoms with van der Waals surface area (Å²) in [6.45, 7) is 0. The van der Waals surface area contributed by atoms with E-state index in [-0.39, 0.29) is 11.8 Å². The van der Waals surface area contributed by atoms with Gasteiger partial charge in [-0.2, -0.15) is 0 Å². The van der Waals surface area contributed by atoms with Gasteiger partial charge in [-0.1, -0.05) is 30.9 Å². The second-order valence-corrected chi connectivity index (χ2v) is 6.19. The van der Waals surface area contributed by atoms with Gasteiger partial charge in [0.05, 0.1) is 0 Å². The first kappa shape index (κ1) is 12.3. The van der Waals surface area contributed by atoms with Crippen LogP contribution in [0.25, 0.3) is 0 Å². The van der Waals surface area contributed by atoms with E-state index in [2.05, 4.69) is 0 Å². The molecule has 3 rings (SSSR count). The molecule has 2 nitrogen and oxygen atoms in total. The molecule has 1 aromatic carbocycles. The fraction of sp³-hybridized carbons (Fsp3) is 0.600. The van der Waals surface area contributed by atoms with Crippen LogP contribution < -0.4 is 5.73 Å². The van der Waals surface area contributed by atoms with Crippen LogP contribution in [0.5, 0.6) is 5.75 Å². The van der Waals surface area contributed by atoms with Crippen molar-refractivity contribution >= 4 is 11.6 Å². The molecule has 18 heavy (non-hydrogen) atoms. The zero-order valence-electron chi connectivity index (χ0n) is 10.5. The molecule has 2 aliphatic rings. The SMILES string of the molecule is NC1C2CCCCCC1c1cc(O)cc(Cl)c1C2. The molecule has 3 atom stereocenters. The summed E-state index contributed by atoms with van der Waals surface area (Å²) in [5.74, 6) is 1.21. The molecule has 0 heterocycles. The Balaban J connectivity index is 2.08. The first-order valence-electron chi connectivity index (χ1n) is 6.93. The molecule has 98 valence electrons. The highest BCUT2D eigenvalue weighted by Crippen LogP contribution is 2.44. The van der Waals surface area contributed by atoms with E-state index >= 15 is 0 Å². The molecular formula is C15H20ClNO. The van der Waals surface area contributed by atoms with Crippen LogP contribution in [0.4, 0.5) is 0 Å². The van der Waals surface area contributed by atoms with Gasteiger partial charge in [0.25, 0.3) is 0 Å². The van der Waals surface area contributed by atoms with E-state index in [1.54, 1.807) is 6.07 Å². The van der Waals surface area contributed by atoms with E-state index in [9.17, 15) is 5.11 Å². The second-order valence-electron chi connectivity index (χ2n) is 5.78. The number of hydrogen-bond acceptors (Lipinski definition) is 2. The number of benzene rings is 1. The van der Waals surface area contributed by atoms with Crippen LogP contribution in [-0.4, -0.2) is 11.1 Å². The van der Waals surface area contributed by atoms with Gasteiger partial charge in [0.15, 0.2) is 0 Å². The lowest BCUT2D eigenvalue weighted by atomic mass is 9.68. The van der Waals surface area contributed by atoms with Gasteiger partial charge in [0.1, 0.15) is 5.75 Å². The number of halogens is 1. The van der Waals surface area contributed by atoms with Gasteiger partial charge in [-0.15, -0.1) is 0 Å². The van der Waals surface area contributed by atoms with Crippen molar-refractivity contribution in [1.29, 1.82) is 0 Å².